The monoisotopic (exact) mass is 339 g/mol. The number of pyridine rings is 2. The van der Waals surface area contributed by atoms with Crippen LogP contribution in [0.25, 0.3) is 0 Å². The van der Waals surface area contributed by atoms with Gasteiger partial charge in [-0.3, -0.25) is 4.79 Å². The summed E-state index contributed by atoms with van der Waals surface area (Å²) in [4.78, 5) is 31.1. The van der Waals surface area contributed by atoms with Crippen molar-refractivity contribution in [2.45, 2.75) is 6.92 Å². The molecule has 0 spiro atoms. The summed E-state index contributed by atoms with van der Waals surface area (Å²) in [5, 5.41) is 3.07. The Labute approximate surface area is 136 Å². The predicted molar refractivity (Wildman–Crippen MR) is 82.1 cm³/mol. The molecule has 0 aromatic carbocycles. The Morgan fingerprint density at radius 1 is 1.27 bits per heavy atom. The second-order valence-corrected chi connectivity index (χ2v) is 5.02. The molecule has 0 aliphatic rings. The molecule has 1 N–H and O–H groups in total. The minimum Gasteiger partial charge on any atom is -0.451 e. The lowest BCUT2D eigenvalue weighted by Crippen LogP contribution is -2.22. The molecule has 0 saturated heterocycles. The van der Waals surface area contributed by atoms with E-state index >= 15 is 0 Å². The molecule has 6 nitrogen and oxygen atoms in total. The van der Waals surface area contributed by atoms with Crippen molar-refractivity contribution < 1.29 is 14.3 Å². The fourth-order valence-corrected chi connectivity index (χ4v) is 1.89. The number of rotatable bonds is 4. The van der Waals surface area contributed by atoms with E-state index < -0.39 is 18.5 Å². The Hall–Kier alpha value is -2.18. The second-order valence-electron chi connectivity index (χ2n) is 4.23. The van der Waals surface area contributed by atoms with Gasteiger partial charge >= 0.3 is 5.97 Å². The summed E-state index contributed by atoms with van der Waals surface area (Å²) in [6.45, 7) is 1.22. The minimum atomic E-state index is -0.693. The van der Waals surface area contributed by atoms with E-state index in [1.165, 1.54) is 18.5 Å². The molecular formula is C14H11Cl2N3O3. The van der Waals surface area contributed by atoms with Gasteiger partial charge in [0.15, 0.2) is 12.4 Å². The van der Waals surface area contributed by atoms with Gasteiger partial charge in [-0.2, -0.15) is 0 Å². The highest BCUT2D eigenvalue weighted by atomic mass is 35.5. The van der Waals surface area contributed by atoms with Crippen LogP contribution in [0.1, 0.15) is 16.1 Å². The fraction of sp³-hybridized carbons (Fsp3) is 0.143. The van der Waals surface area contributed by atoms with Gasteiger partial charge in [0.2, 0.25) is 0 Å². The molecule has 22 heavy (non-hydrogen) atoms. The standard InChI is InChI=1S/C14H11Cl2N3O3/c1-8-9(15)6-18-13(12(8)16)19-11(20)7-22-14(21)10-4-2-3-5-17-10/h2-6H,7H2,1H3,(H,18,19,20). The molecule has 0 aliphatic carbocycles. The number of halogens is 2. The average molecular weight is 340 g/mol. The van der Waals surface area contributed by atoms with E-state index in [1.54, 1.807) is 19.1 Å². The first-order valence-electron chi connectivity index (χ1n) is 6.17. The van der Waals surface area contributed by atoms with Gasteiger partial charge in [-0.1, -0.05) is 29.3 Å². The topological polar surface area (TPSA) is 81.2 Å². The first-order chi connectivity index (χ1) is 10.5. The lowest BCUT2D eigenvalue weighted by molar-refractivity contribution is -0.119. The number of esters is 1. The molecule has 2 heterocycles. The van der Waals surface area contributed by atoms with Gasteiger partial charge in [0, 0.05) is 12.4 Å². The predicted octanol–water partition coefficient (Wildman–Crippen LogP) is 2.89. The number of anilines is 1. The molecule has 0 radical (unpaired) electrons. The number of hydrogen-bond acceptors (Lipinski definition) is 5. The van der Waals surface area contributed by atoms with Gasteiger partial charge in [-0.15, -0.1) is 0 Å². The van der Waals surface area contributed by atoms with Crippen LogP contribution >= 0.6 is 23.2 Å². The molecule has 8 heteroatoms. The lowest BCUT2D eigenvalue weighted by Gasteiger charge is -2.09. The second kappa shape index (κ2) is 7.20. The van der Waals surface area contributed by atoms with E-state index in [-0.39, 0.29) is 16.5 Å². The first-order valence-corrected chi connectivity index (χ1v) is 6.93. The van der Waals surface area contributed by atoms with E-state index in [9.17, 15) is 9.59 Å². The van der Waals surface area contributed by atoms with Gasteiger partial charge in [-0.25, -0.2) is 14.8 Å². The largest absolute Gasteiger partial charge is 0.451 e. The summed E-state index contributed by atoms with van der Waals surface area (Å²) in [5.74, 6) is -1.11. The zero-order chi connectivity index (χ0) is 16.1. The molecule has 2 aromatic rings. The Bertz CT molecular complexity index is 708. The third kappa shape index (κ3) is 3.93. The van der Waals surface area contributed by atoms with Crippen LogP contribution in [0.3, 0.4) is 0 Å². The molecule has 2 aromatic heterocycles. The number of aromatic nitrogens is 2. The van der Waals surface area contributed by atoms with Gasteiger partial charge in [0.05, 0.1) is 10.0 Å². The highest BCUT2D eigenvalue weighted by Gasteiger charge is 2.14. The minimum absolute atomic E-state index is 0.119. The number of amides is 1. The van der Waals surface area contributed by atoms with Crippen molar-refractivity contribution in [1.82, 2.24) is 9.97 Å². The van der Waals surface area contributed by atoms with Crippen LogP contribution in [0.2, 0.25) is 10.0 Å². The molecule has 0 unspecified atom stereocenters. The number of carbonyl (C=O) groups excluding carboxylic acids is 2. The Morgan fingerprint density at radius 3 is 2.73 bits per heavy atom. The van der Waals surface area contributed by atoms with E-state index in [2.05, 4.69) is 15.3 Å². The van der Waals surface area contributed by atoms with Crippen molar-refractivity contribution in [2.75, 3.05) is 11.9 Å². The first kappa shape index (κ1) is 16.2. The van der Waals surface area contributed by atoms with Crippen LogP contribution in [0.4, 0.5) is 5.82 Å². The van der Waals surface area contributed by atoms with Crippen LogP contribution < -0.4 is 5.32 Å². The van der Waals surface area contributed by atoms with Gasteiger partial charge in [0.1, 0.15) is 5.69 Å². The maximum absolute atomic E-state index is 11.8. The van der Waals surface area contributed by atoms with Crippen molar-refractivity contribution in [3.8, 4) is 0 Å². The summed E-state index contributed by atoms with van der Waals surface area (Å²) in [6.07, 6.45) is 2.83. The summed E-state index contributed by atoms with van der Waals surface area (Å²) in [7, 11) is 0. The SMILES string of the molecule is Cc1c(Cl)cnc(NC(=O)COC(=O)c2ccccn2)c1Cl. The zero-order valence-corrected chi connectivity index (χ0v) is 13.0. The van der Waals surface area contributed by atoms with Crippen LogP contribution in [0.5, 0.6) is 0 Å². The van der Waals surface area contributed by atoms with Crippen molar-refractivity contribution in [3.63, 3.8) is 0 Å². The maximum atomic E-state index is 11.8. The van der Waals surface area contributed by atoms with Crippen LogP contribution in [-0.4, -0.2) is 28.5 Å². The van der Waals surface area contributed by atoms with E-state index in [1.807, 2.05) is 0 Å². The summed E-state index contributed by atoms with van der Waals surface area (Å²) < 4.78 is 4.85. The number of ether oxygens (including phenoxy) is 1. The average Bonchev–Trinajstić information content (AvgIpc) is 2.54. The van der Waals surface area contributed by atoms with Crippen LogP contribution in [0, 0.1) is 6.92 Å². The molecule has 2 rings (SSSR count). The number of hydrogen-bond donors (Lipinski definition) is 1. The molecule has 0 bridgehead atoms. The highest BCUT2D eigenvalue weighted by Crippen LogP contribution is 2.28. The van der Waals surface area contributed by atoms with E-state index in [0.717, 1.165) is 0 Å². The number of nitrogens with one attached hydrogen (secondary N) is 1. The third-order valence-corrected chi connectivity index (χ3v) is 3.51. The molecule has 0 saturated carbocycles. The number of nitrogens with zero attached hydrogens (tertiary/aromatic N) is 2. The van der Waals surface area contributed by atoms with Gasteiger partial charge < -0.3 is 10.1 Å². The van der Waals surface area contributed by atoms with Crippen molar-refractivity contribution in [3.05, 3.63) is 51.9 Å². The van der Waals surface area contributed by atoms with Gasteiger partial charge in [0.25, 0.3) is 5.91 Å². The third-order valence-electron chi connectivity index (χ3n) is 2.67. The van der Waals surface area contributed by atoms with Crippen LogP contribution in [0.15, 0.2) is 30.6 Å². The quantitative estimate of drug-likeness (QED) is 0.866. The Morgan fingerprint density at radius 2 is 2.05 bits per heavy atom. The highest BCUT2D eigenvalue weighted by molar-refractivity contribution is 6.37. The molecule has 1 amide bonds. The molecule has 0 atom stereocenters. The zero-order valence-electron chi connectivity index (χ0n) is 11.5. The van der Waals surface area contributed by atoms with Crippen molar-refractivity contribution in [1.29, 1.82) is 0 Å². The molecule has 0 aliphatic heterocycles. The Balaban J connectivity index is 1.94. The van der Waals surface area contributed by atoms with E-state index in [4.69, 9.17) is 27.9 Å². The lowest BCUT2D eigenvalue weighted by atomic mass is 10.3. The smallest absolute Gasteiger partial charge is 0.357 e. The molecular weight excluding hydrogens is 329 g/mol. The normalized spacial score (nSPS) is 10.1. The summed E-state index contributed by atoms with van der Waals surface area (Å²) in [5.41, 5.74) is 0.716. The Kier molecular flexibility index (Phi) is 5.30. The molecule has 114 valence electrons. The summed E-state index contributed by atoms with van der Waals surface area (Å²) in [6, 6.07) is 4.80. The van der Waals surface area contributed by atoms with Crippen molar-refractivity contribution in [2.24, 2.45) is 0 Å². The fourth-order valence-electron chi connectivity index (χ4n) is 1.50. The van der Waals surface area contributed by atoms with E-state index in [0.29, 0.717) is 10.6 Å². The van der Waals surface area contributed by atoms with Gasteiger partial charge in [-0.05, 0) is 24.6 Å². The molecule has 0 fully saturated rings. The van der Waals surface area contributed by atoms with Crippen LogP contribution in [-0.2, 0) is 9.53 Å². The van der Waals surface area contributed by atoms with Crippen molar-refractivity contribution >= 4 is 40.9 Å². The summed E-state index contributed by atoms with van der Waals surface area (Å²) >= 11 is 11.9. The maximum Gasteiger partial charge on any atom is 0.357 e. The number of carbonyl (C=O) groups is 2.